The molecule has 2 N–H and O–H groups in total. The summed E-state index contributed by atoms with van der Waals surface area (Å²) in [6.07, 6.45) is 5.16. The lowest BCUT2D eigenvalue weighted by Crippen LogP contribution is -2.41. The van der Waals surface area contributed by atoms with E-state index in [1.54, 1.807) is 21.3 Å². The van der Waals surface area contributed by atoms with Crippen molar-refractivity contribution in [2.24, 2.45) is 4.99 Å². The largest absolute Gasteiger partial charge is 0.493 e. The average molecular weight is 569 g/mol. The zero-order valence-electron chi connectivity index (χ0n) is 17.4. The minimum atomic E-state index is 0. The highest BCUT2D eigenvalue weighted by atomic mass is 127. The van der Waals surface area contributed by atoms with Gasteiger partial charge in [0, 0.05) is 32.7 Å². The molecule has 1 saturated heterocycles. The monoisotopic (exact) mass is 568 g/mol. The van der Waals surface area contributed by atoms with Crippen molar-refractivity contribution < 1.29 is 9.47 Å². The number of guanidine groups is 1. The first-order valence-electron chi connectivity index (χ1n) is 9.68. The first-order chi connectivity index (χ1) is 13.1. The van der Waals surface area contributed by atoms with Gasteiger partial charge in [-0.05, 0) is 66.4 Å². The highest BCUT2D eigenvalue weighted by Gasteiger charge is 2.17. The Balaban J connectivity index is 0.00000392. The lowest BCUT2D eigenvalue weighted by atomic mass is 10.0. The second-order valence-electron chi connectivity index (χ2n) is 6.90. The van der Waals surface area contributed by atoms with Gasteiger partial charge in [0.15, 0.2) is 17.5 Å². The molecule has 1 aromatic carbocycles. The molecule has 0 saturated carbocycles. The van der Waals surface area contributed by atoms with E-state index in [-0.39, 0.29) is 24.0 Å². The third-order valence-electron chi connectivity index (χ3n) is 5.03. The second kappa shape index (κ2) is 13.5. The molecule has 1 aliphatic rings. The molecule has 1 fully saturated rings. The molecule has 160 valence electrons. The maximum absolute atomic E-state index is 5.40. The summed E-state index contributed by atoms with van der Waals surface area (Å²) in [5.74, 6) is 2.23. The van der Waals surface area contributed by atoms with Gasteiger partial charge < -0.3 is 25.0 Å². The Morgan fingerprint density at radius 3 is 2.68 bits per heavy atom. The number of likely N-dealkylation sites (tertiary alicyclic amines) is 1. The molecule has 2 rings (SSSR count). The third kappa shape index (κ3) is 7.59. The standard InChI is InChI=1S/C20H33BrN4O2.HI/c1-15-8-5-6-10-25(15)11-7-9-23-20(22-2)24-14-16-12-17(21)19(27-4)18(13-16)26-3;/h12-13,15H,5-11,14H2,1-4H3,(H2,22,23,24);1H. The van der Waals surface area contributed by atoms with Crippen molar-refractivity contribution in [3.63, 3.8) is 0 Å². The van der Waals surface area contributed by atoms with E-state index in [9.17, 15) is 0 Å². The lowest BCUT2D eigenvalue weighted by molar-refractivity contribution is 0.159. The Labute approximate surface area is 195 Å². The third-order valence-corrected chi connectivity index (χ3v) is 5.62. The molecule has 1 aliphatic heterocycles. The molecule has 1 aromatic rings. The predicted octanol–water partition coefficient (Wildman–Crippen LogP) is 4.01. The van der Waals surface area contributed by atoms with Gasteiger partial charge in [0.1, 0.15) is 0 Å². The van der Waals surface area contributed by atoms with Crippen LogP contribution in [0.15, 0.2) is 21.6 Å². The summed E-state index contributed by atoms with van der Waals surface area (Å²) in [5.41, 5.74) is 1.09. The van der Waals surface area contributed by atoms with Gasteiger partial charge in [0.05, 0.1) is 18.7 Å². The molecule has 1 atom stereocenters. The van der Waals surface area contributed by atoms with Gasteiger partial charge in [-0.1, -0.05) is 6.42 Å². The average Bonchev–Trinajstić information content (AvgIpc) is 2.68. The topological polar surface area (TPSA) is 58.1 Å². The van der Waals surface area contributed by atoms with Gasteiger partial charge in [0.2, 0.25) is 0 Å². The van der Waals surface area contributed by atoms with Crippen LogP contribution in [0.4, 0.5) is 0 Å². The zero-order chi connectivity index (χ0) is 19.6. The number of methoxy groups -OCH3 is 2. The molecule has 0 bridgehead atoms. The molecular weight excluding hydrogens is 535 g/mol. The number of hydrogen-bond acceptors (Lipinski definition) is 4. The van der Waals surface area contributed by atoms with Gasteiger partial charge in [-0.15, -0.1) is 24.0 Å². The summed E-state index contributed by atoms with van der Waals surface area (Å²) in [6.45, 7) is 6.30. The van der Waals surface area contributed by atoms with Crippen molar-refractivity contribution in [3.8, 4) is 11.5 Å². The van der Waals surface area contributed by atoms with Crippen LogP contribution in [0.5, 0.6) is 11.5 Å². The van der Waals surface area contributed by atoms with Crippen LogP contribution in [0.1, 0.15) is 38.2 Å². The van der Waals surface area contributed by atoms with Crippen molar-refractivity contribution in [3.05, 3.63) is 22.2 Å². The molecule has 1 heterocycles. The first kappa shape index (κ1) is 25.3. The second-order valence-corrected chi connectivity index (χ2v) is 7.75. The van der Waals surface area contributed by atoms with E-state index in [4.69, 9.17) is 9.47 Å². The van der Waals surface area contributed by atoms with Crippen LogP contribution >= 0.6 is 39.9 Å². The molecule has 0 aromatic heterocycles. The van der Waals surface area contributed by atoms with Gasteiger partial charge in [0.25, 0.3) is 0 Å². The Kier molecular flexibility index (Phi) is 12.2. The van der Waals surface area contributed by atoms with E-state index in [0.29, 0.717) is 18.0 Å². The molecule has 28 heavy (non-hydrogen) atoms. The normalized spacial score (nSPS) is 17.6. The maximum Gasteiger partial charge on any atom is 0.191 e. The van der Waals surface area contributed by atoms with Crippen LogP contribution in [0, 0.1) is 0 Å². The summed E-state index contributed by atoms with van der Waals surface area (Å²) in [7, 11) is 5.08. The number of nitrogens with one attached hydrogen (secondary N) is 2. The van der Waals surface area contributed by atoms with Crippen LogP contribution in [-0.4, -0.2) is 57.8 Å². The smallest absolute Gasteiger partial charge is 0.191 e. The van der Waals surface area contributed by atoms with Crippen molar-refractivity contribution in [1.29, 1.82) is 0 Å². The summed E-state index contributed by atoms with van der Waals surface area (Å²) in [4.78, 5) is 6.91. The number of aliphatic imine (C=N–C) groups is 1. The lowest BCUT2D eigenvalue weighted by Gasteiger charge is -2.33. The molecule has 0 spiro atoms. The van der Waals surface area contributed by atoms with E-state index < -0.39 is 0 Å². The molecule has 6 nitrogen and oxygen atoms in total. The van der Waals surface area contributed by atoms with Crippen molar-refractivity contribution in [2.75, 3.05) is 40.9 Å². The van der Waals surface area contributed by atoms with Crippen molar-refractivity contribution in [2.45, 2.75) is 45.2 Å². The van der Waals surface area contributed by atoms with Gasteiger partial charge >= 0.3 is 0 Å². The first-order valence-corrected chi connectivity index (χ1v) is 10.5. The Hall–Kier alpha value is -0.740. The van der Waals surface area contributed by atoms with Crippen LogP contribution in [-0.2, 0) is 6.54 Å². The molecule has 0 aliphatic carbocycles. The molecule has 8 heteroatoms. The van der Waals surface area contributed by atoms with Gasteiger partial charge in [-0.25, -0.2) is 0 Å². The number of halogens is 2. The number of benzene rings is 1. The minimum absolute atomic E-state index is 0. The fourth-order valence-corrected chi connectivity index (χ4v) is 4.11. The fourth-order valence-electron chi connectivity index (χ4n) is 3.46. The zero-order valence-corrected chi connectivity index (χ0v) is 21.3. The van der Waals surface area contributed by atoms with E-state index in [0.717, 1.165) is 41.5 Å². The van der Waals surface area contributed by atoms with Gasteiger partial charge in [-0.2, -0.15) is 0 Å². The summed E-state index contributed by atoms with van der Waals surface area (Å²) < 4.78 is 11.6. The van der Waals surface area contributed by atoms with Crippen molar-refractivity contribution >= 4 is 45.9 Å². The number of nitrogens with zero attached hydrogens (tertiary/aromatic N) is 2. The Morgan fingerprint density at radius 1 is 1.25 bits per heavy atom. The highest BCUT2D eigenvalue weighted by molar-refractivity contribution is 14.0. The minimum Gasteiger partial charge on any atom is -0.493 e. The van der Waals surface area contributed by atoms with E-state index in [1.807, 2.05) is 12.1 Å². The molecular formula is C20H34BrIN4O2. The van der Waals surface area contributed by atoms with E-state index in [1.165, 1.54) is 25.8 Å². The summed E-state index contributed by atoms with van der Waals surface area (Å²) >= 11 is 3.53. The molecule has 0 amide bonds. The van der Waals surface area contributed by atoms with Crippen molar-refractivity contribution in [1.82, 2.24) is 15.5 Å². The van der Waals surface area contributed by atoms with Crippen LogP contribution < -0.4 is 20.1 Å². The SMILES string of the molecule is CN=C(NCCCN1CCCCC1C)NCc1cc(Br)c(OC)c(OC)c1.I. The number of hydrogen-bond donors (Lipinski definition) is 2. The van der Waals surface area contributed by atoms with E-state index in [2.05, 4.69) is 43.4 Å². The van der Waals surface area contributed by atoms with Crippen LogP contribution in [0.3, 0.4) is 0 Å². The fraction of sp³-hybridized carbons (Fsp3) is 0.650. The quantitative estimate of drug-likeness (QED) is 0.215. The Bertz CT molecular complexity index is 630. The maximum atomic E-state index is 5.40. The van der Waals surface area contributed by atoms with Crippen LogP contribution in [0.2, 0.25) is 0 Å². The highest BCUT2D eigenvalue weighted by Crippen LogP contribution is 2.36. The summed E-state index contributed by atoms with van der Waals surface area (Å²) in [5, 5.41) is 6.76. The number of ether oxygens (including phenoxy) is 2. The number of piperidine rings is 1. The Morgan fingerprint density at radius 2 is 2.04 bits per heavy atom. The molecule has 0 radical (unpaired) electrons. The van der Waals surface area contributed by atoms with Crippen LogP contribution in [0.25, 0.3) is 0 Å². The predicted molar refractivity (Wildman–Crippen MR) is 130 cm³/mol. The molecule has 1 unspecified atom stereocenters. The van der Waals surface area contributed by atoms with Gasteiger partial charge in [-0.3, -0.25) is 4.99 Å². The number of rotatable bonds is 8. The summed E-state index contributed by atoms with van der Waals surface area (Å²) in [6, 6.07) is 4.72. The van der Waals surface area contributed by atoms with E-state index >= 15 is 0 Å².